The lowest BCUT2D eigenvalue weighted by atomic mass is 10.0. The SMILES string of the molecule is O=C(N[C@H]1CCCN(c2ccccc2)C1=O)c1cncc(Br)c1. The van der Waals surface area contributed by atoms with Crippen LogP contribution in [-0.4, -0.2) is 29.4 Å². The highest BCUT2D eigenvalue weighted by Gasteiger charge is 2.30. The Bertz CT molecular complexity index is 721. The van der Waals surface area contributed by atoms with E-state index < -0.39 is 6.04 Å². The summed E-state index contributed by atoms with van der Waals surface area (Å²) in [6, 6.07) is 10.7. The van der Waals surface area contributed by atoms with Crippen LogP contribution in [0.15, 0.2) is 53.3 Å². The zero-order valence-electron chi connectivity index (χ0n) is 12.4. The molecule has 1 aliphatic rings. The molecule has 1 N–H and O–H groups in total. The minimum Gasteiger partial charge on any atom is -0.340 e. The Labute approximate surface area is 142 Å². The number of amides is 2. The van der Waals surface area contributed by atoms with Gasteiger partial charge in [-0.15, -0.1) is 0 Å². The molecule has 2 aromatic rings. The minimum atomic E-state index is -0.504. The summed E-state index contributed by atoms with van der Waals surface area (Å²) in [5.74, 6) is -0.356. The van der Waals surface area contributed by atoms with Crippen molar-refractivity contribution in [1.82, 2.24) is 10.3 Å². The van der Waals surface area contributed by atoms with Crippen LogP contribution in [0, 0.1) is 0 Å². The van der Waals surface area contributed by atoms with Gasteiger partial charge in [-0.05, 0) is 47.0 Å². The van der Waals surface area contributed by atoms with E-state index in [0.717, 1.165) is 16.6 Å². The zero-order chi connectivity index (χ0) is 16.2. The monoisotopic (exact) mass is 373 g/mol. The van der Waals surface area contributed by atoms with Gasteiger partial charge < -0.3 is 10.2 Å². The van der Waals surface area contributed by atoms with E-state index in [1.165, 1.54) is 6.20 Å². The molecular weight excluding hydrogens is 358 g/mol. The molecule has 5 nitrogen and oxygen atoms in total. The van der Waals surface area contributed by atoms with Gasteiger partial charge in [-0.1, -0.05) is 18.2 Å². The molecule has 0 spiro atoms. The van der Waals surface area contributed by atoms with Crippen LogP contribution in [0.1, 0.15) is 23.2 Å². The van der Waals surface area contributed by atoms with E-state index >= 15 is 0 Å². The van der Waals surface area contributed by atoms with Crippen molar-refractivity contribution in [3.05, 3.63) is 58.8 Å². The molecule has 0 aliphatic carbocycles. The molecule has 0 bridgehead atoms. The van der Waals surface area contributed by atoms with Gasteiger partial charge in [-0.25, -0.2) is 0 Å². The number of hydrogen-bond donors (Lipinski definition) is 1. The van der Waals surface area contributed by atoms with E-state index in [-0.39, 0.29) is 11.8 Å². The van der Waals surface area contributed by atoms with Gasteiger partial charge in [-0.2, -0.15) is 0 Å². The number of halogens is 1. The predicted octanol–water partition coefficient (Wildman–Crippen LogP) is 2.77. The average molecular weight is 374 g/mol. The van der Waals surface area contributed by atoms with Crippen molar-refractivity contribution in [2.45, 2.75) is 18.9 Å². The molecule has 2 heterocycles. The molecule has 1 aromatic carbocycles. The number of anilines is 1. The van der Waals surface area contributed by atoms with Crippen molar-refractivity contribution in [3.63, 3.8) is 0 Å². The third-order valence-corrected chi connectivity index (χ3v) is 4.21. The summed E-state index contributed by atoms with van der Waals surface area (Å²) in [5.41, 5.74) is 1.30. The summed E-state index contributed by atoms with van der Waals surface area (Å²) in [6.45, 7) is 0.674. The van der Waals surface area contributed by atoms with Gasteiger partial charge in [0.05, 0.1) is 5.56 Å². The first-order valence-electron chi connectivity index (χ1n) is 7.43. The number of nitrogens with one attached hydrogen (secondary N) is 1. The molecule has 0 saturated carbocycles. The number of piperidine rings is 1. The van der Waals surface area contributed by atoms with Gasteiger partial charge in [0.2, 0.25) is 5.91 Å². The standard InChI is InChI=1S/C17H16BrN3O2/c18-13-9-12(10-19-11-13)16(22)20-15-7-4-8-21(17(15)23)14-5-2-1-3-6-14/h1-3,5-6,9-11,15H,4,7-8H2,(H,20,22)/t15-/m0/s1. The number of pyridine rings is 1. The molecule has 6 heteroatoms. The molecule has 0 radical (unpaired) electrons. The Morgan fingerprint density at radius 1 is 1.26 bits per heavy atom. The highest BCUT2D eigenvalue weighted by Crippen LogP contribution is 2.21. The minimum absolute atomic E-state index is 0.0706. The van der Waals surface area contributed by atoms with Crippen molar-refractivity contribution in [1.29, 1.82) is 0 Å². The van der Waals surface area contributed by atoms with Gasteiger partial charge in [0.1, 0.15) is 6.04 Å². The van der Waals surface area contributed by atoms with Gasteiger partial charge in [0, 0.05) is 29.1 Å². The molecule has 1 fully saturated rings. The highest BCUT2D eigenvalue weighted by atomic mass is 79.9. The summed E-state index contributed by atoms with van der Waals surface area (Å²) in [7, 11) is 0. The molecule has 3 rings (SSSR count). The van der Waals surface area contributed by atoms with E-state index in [1.54, 1.807) is 17.2 Å². The summed E-state index contributed by atoms with van der Waals surface area (Å²) in [4.78, 5) is 30.7. The Kier molecular flexibility index (Phi) is 4.71. The highest BCUT2D eigenvalue weighted by molar-refractivity contribution is 9.10. The number of aromatic nitrogens is 1. The van der Waals surface area contributed by atoms with Gasteiger partial charge in [-0.3, -0.25) is 14.6 Å². The number of rotatable bonds is 3. The van der Waals surface area contributed by atoms with E-state index in [9.17, 15) is 9.59 Å². The van der Waals surface area contributed by atoms with Crippen molar-refractivity contribution in [3.8, 4) is 0 Å². The number of benzene rings is 1. The van der Waals surface area contributed by atoms with Gasteiger partial charge in [0.15, 0.2) is 0 Å². The Balaban J connectivity index is 1.73. The van der Waals surface area contributed by atoms with Crippen LogP contribution in [-0.2, 0) is 4.79 Å². The lowest BCUT2D eigenvalue weighted by Crippen LogP contribution is -2.52. The van der Waals surface area contributed by atoms with Crippen LogP contribution < -0.4 is 10.2 Å². The first kappa shape index (κ1) is 15.7. The first-order chi connectivity index (χ1) is 11.1. The third-order valence-electron chi connectivity index (χ3n) is 3.78. The molecule has 118 valence electrons. The van der Waals surface area contributed by atoms with Crippen LogP contribution in [0.3, 0.4) is 0 Å². The Morgan fingerprint density at radius 2 is 2.04 bits per heavy atom. The van der Waals surface area contributed by atoms with Crippen molar-refractivity contribution < 1.29 is 9.59 Å². The lowest BCUT2D eigenvalue weighted by molar-refractivity contribution is -0.121. The Hall–Kier alpha value is -2.21. The fourth-order valence-electron chi connectivity index (χ4n) is 2.65. The molecule has 23 heavy (non-hydrogen) atoms. The Morgan fingerprint density at radius 3 is 2.78 bits per heavy atom. The second-order valence-electron chi connectivity index (χ2n) is 5.39. The molecule has 1 atom stereocenters. The fourth-order valence-corrected chi connectivity index (χ4v) is 3.02. The largest absolute Gasteiger partial charge is 0.340 e. The second kappa shape index (κ2) is 6.91. The first-order valence-corrected chi connectivity index (χ1v) is 8.22. The molecule has 0 unspecified atom stereocenters. The normalized spacial score (nSPS) is 17.9. The lowest BCUT2D eigenvalue weighted by Gasteiger charge is -2.32. The molecule has 1 aliphatic heterocycles. The van der Waals surface area contributed by atoms with Crippen molar-refractivity contribution in [2.24, 2.45) is 0 Å². The summed E-state index contributed by atoms with van der Waals surface area (Å²) < 4.78 is 0.728. The third kappa shape index (κ3) is 3.59. The topological polar surface area (TPSA) is 62.3 Å². The summed E-state index contributed by atoms with van der Waals surface area (Å²) >= 11 is 3.29. The smallest absolute Gasteiger partial charge is 0.253 e. The van der Waals surface area contributed by atoms with Gasteiger partial charge >= 0.3 is 0 Å². The van der Waals surface area contributed by atoms with Crippen LogP contribution >= 0.6 is 15.9 Å². The number of carbonyl (C=O) groups excluding carboxylic acids is 2. The molecule has 1 aromatic heterocycles. The average Bonchev–Trinajstić information content (AvgIpc) is 2.57. The van der Waals surface area contributed by atoms with Crippen LogP contribution in [0.5, 0.6) is 0 Å². The summed E-state index contributed by atoms with van der Waals surface area (Å²) in [5, 5.41) is 2.82. The molecule has 2 amide bonds. The number of para-hydroxylation sites is 1. The maximum Gasteiger partial charge on any atom is 0.253 e. The zero-order valence-corrected chi connectivity index (χ0v) is 14.0. The number of carbonyl (C=O) groups is 2. The van der Waals surface area contributed by atoms with Crippen LogP contribution in [0.2, 0.25) is 0 Å². The quantitative estimate of drug-likeness (QED) is 0.899. The predicted molar refractivity (Wildman–Crippen MR) is 91.2 cm³/mol. The summed E-state index contributed by atoms with van der Waals surface area (Å²) in [6.07, 6.45) is 4.60. The molecule has 1 saturated heterocycles. The maximum atomic E-state index is 12.6. The number of nitrogens with zero attached hydrogens (tertiary/aromatic N) is 2. The van der Waals surface area contributed by atoms with E-state index in [4.69, 9.17) is 0 Å². The molecular formula is C17H16BrN3O2. The van der Waals surface area contributed by atoms with E-state index in [0.29, 0.717) is 18.5 Å². The van der Waals surface area contributed by atoms with Gasteiger partial charge in [0.25, 0.3) is 5.91 Å². The maximum absolute atomic E-state index is 12.6. The fraction of sp³-hybridized carbons (Fsp3) is 0.235. The number of hydrogen-bond acceptors (Lipinski definition) is 3. The van der Waals surface area contributed by atoms with Crippen molar-refractivity contribution >= 4 is 33.4 Å². The van der Waals surface area contributed by atoms with E-state index in [1.807, 2.05) is 30.3 Å². The van der Waals surface area contributed by atoms with Crippen molar-refractivity contribution in [2.75, 3.05) is 11.4 Å². The van der Waals surface area contributed by atoms with E-state index in [2.05, 4.69) is 26.2 Å². The van der Waals surface area contributed by atoms with Crippen LogP contribution in [0.4, 0.5) is 5.69 Å². The second-order valence-corrected chi connectivity index (χ2v) is 6.30. The van der Waals surface area contributed by atoms with Crippen LogP contribution in [0.25, 0.3) is 0 Å².